The zero-order valence-electron chi connectivity index (χ0n) is 8.48. The van der Waals surface area contributed by atoms with Gasteiger partial charge in [0, 0.05) is 20.3 Å². The van der Waals surface area contributed by atoms with Crippen molar-refractivity contribution in [1.82, 2.24) is 20.2 Å². The summed E-state index contributed by atoms with van der Waals surface area (Å²) in [5.41, 5.74) is 0. The summed E-state index contributed by atoms with van der Waals surface area (Å²) in [7, 11) is 1.70. The van der Waals surface area contributed by atoms with Crippen molar-refractivity contribution in [1.29, 1.82) is 0 Å². The van der Waals surface area contributed by atoms with Gasteiger partial charge in [0.1, 0.15) is 0 Å². The molecule has 0 bridgehead atoms. The molecule has 1 atom stereocenters. The molecule has 0 aliphatic heterocycles. The molecular weight excluding hydrogens is 204 g/mol. The van der Waals surface area contributed by atoms with E-state index in [9.17, 15) is 0 Å². The van der Waals surface area contributed by atoms with Crippen LogP contribution < -0.4 is 0 Å². The zero-order chi connectivity index (χ0) is 10.4. The summed E-state index contributed by atoms with van der Waals surface area (Å²) in [6, 6.07) is 0. The Balaban J connectivity index is 2.38. The van der Waals surface area contributed by atoms with Gasteiger partial charge in [-0.05, 0) is 30.2 Å². The second kappa shape index (κ2) is 5.93. The second-order valence-electron chi connectivity index (χ2n) is 3.08. The van der Waals surface area contributed by atoms with Crippen molar-refractivity contribution in [2.24, 2.45) is 0 Å². The van der Waals surface area contributed by atoms with Crippen molar-refractivity contribution >= 4 is 11.6 Å². The molecule has 0 saturated carbocycles. The molecule has 0 N–H and O–H groups in total. The molecular formula is C8H15ClN4O. The average molecular weight is 219 g/mol. The first kappa shape index (κ1) is 11.4. The van der Waals surface area contributed by atoms with Gasteiger partial charge in [-0.1, -0.05) is 0 Å². The van der Waals surface area contributed by atoms with Gasteiger partial charge in [0.25, 0.3) is 0 Å². The number of aryl methyl sites for hydroxylation is 1. The standard InChI is InChI=1S/C8H15ClN4O/c1-7(9)8-10-11-12-13(8)5-3-4-6-14-2/h7H,3-6H2,1-2H3. The molecule has 1 unspecified atom stereocenters. The van der Waals surface area contributed by atoms with Gasteiger partial charge in [-0.2, -0.15) is 0 Å². The minimum absolute atomic E-state index is 0.146. The fraction of sp³-hybridized carbons (Fsp3) is 0.875. The molecule has 1 heterocycles. The molecule has 14 heavy (non-hydrogen) atoms. The molecule has 0 amide bonds. The van der Waals surface area contributed by atoms with Gasteiger partial charge in [-0.25, -0.2) is 4.68 Å². The van der Waals surface area contributed by atoms with Crippen LogP contribution in [0.3, 0.4) is 0 Å². The third kappa shape index (κ3) is 3.23. The lowest BCUT2D eigenvalue weighted by atomic mass is 10.3. The lowest BCUT2D eigenvalue weighted by Crippen LogP contribution is -2.07. The number of unbranched alkanes of at least 4 members (excludes halogenated alkanes) is 1. The summed E-state index contributed by atoms with van der Waals surface area (Å²) in [4.78, 5) is 0. The highest BCUT2D eigenvalue weighted by molar-refractivity contribution is 6.20. The van der Waals surface area contributed by atoms with E-state index in [0.29, 0.717) is 0 Å². The minimum Gasteiger partial charge on any atom is -0.385 e. The number of nitrogens with zero attached hydrogens (tertiary/aromatic N) is 4. The average Bonchev–Trinajstić information content (AvgIpc) is 2.60. The van der Waals surface area contributed by atoms with Crippen molar-refractivity contribution < 1.29 is 4.74 Å². The third-order valence-electron chi connectivity index (χ3n) is 1.88. The molecule has 0 aliphatic carbocycles. The van der Waals surface area contributed by atoms with Gasteiger partial charge in [0.2, 0.25) is 0 Å². The highest BCUT2D eigenvalue weighted by Gasteiger charge is 2.10. The minimum atomic E-state index is -0.146. The fourth-order valence-electron chi connectivity index (χ4n) is 1.16. The Labute approximate surface area is 88.4 Å². The first-order valence-corrected chi connectivity index (χ1v) is 5.08. The molecule has 0 aliphatic rings. The van der Waals surface area contributed by atoms with E-state index in [1.165, 1.54) is 0 Å². The number of tetrazole rings is 1. The molecule has 0 saturated heterocycles. The topological polar surface area (TPSA) is 52.8 Å². The maximum absolute atomic E-state index is 5.90. The largest absolute Gasteiger partial charge is 0.385 e. The monoisotopic (exact) mass is 218 g/mol. The van der Waals surface area contributed by atoms with Crippen LogP contribution in [-0.2, 0) is 11.3 Å². The molecule has 0 aromatic carbocycles. The lowest BCUT2D eigenvalue weighted by molar-refractivity contribution is 0.190. The van der Waals surface area contributed by atoms with E-state index in [-0.39, 0.29) is 5.38 Å². The maximum atomic E-state index is 5.90. The van der Waals surface area contributed by atoms with Crippen molar-refractivity contribution in [2.75, 3.05) is 13.7 Å². The summed E-state index contributed by atoms with van der Waals surface area (Å²) in [5.74, 6) is 0.726. The van der Waals surface area contributed by atoms with Gasteiger partial charge < -0.3 is 4.74 Å². The van der Waals surface area contributed by atoms with Crippen LogP contribution in [0, 0.1) is 0 Å². The summed E-state index contributed by atoms with van der Waals surface area (Å²) in [5, 5.41) is 11.2. The van der Waals surface area contributed by atoms with E-state index in [2.05, 4.69) is 15.5 Å². The Morgan fingerprint density at radius 3 is 2.93 bits per heavy atom. The second-order valence-corrected chi connectivity index (χ2v) is 3.73. The Bertz CT molecular complexity index is 264. The summed E-state index contributed by atoms with van der Waals surface area (Å²) in [6.07, 6.45) is 2.00. The number of ether oxygens (including phenoxy) is 1. The number of rotatable bonds is 6. The van der Waals surface area contributed by atoms with Crippen LogP contribution in [-0.4, -0.2) is 33.9 Å². The van der Waals surface area contributed by atoms with Crippen LogP contribution in [0.15, 0.2) is 0 Å². The van der Waals surface area contributed by atoms with E-state index < -0.39 is 0 Å². The van der Waals surface area contributed by atoms with E-state index in [4.69, 9.17) is 16.3 Å². The molecule has 6 heteroatoms. The Morgan fingerprint density at radius 2 is 2.29 bits per heavy atom. The predicted octanol–water partition coefficient (Wildman–Crippen LogP) is 1.40. The van der Waals surface area contributed by atoms with Crippen LogP contribution in [0.25, 0.3) is 0 Å². The molecule has 1 aromatic heterocycles. The van der Waals surface area contributed by atoms with Gasteiger partial charge in [0.15, 0.2) is 5.82 Å². The molecule has 0 spiro atoms. The number of methoxy groups -OCH3 is 1. The number of hydrogen-bond donors (Lipinski definition) is 0. The number of halogens is 1. The Morgan fingerprint density at radius 1 is 1.50 bits per heavy atom. The number of alkyl halides is 1. The number of aromatic nitrogens is 4. The highest BCUT2D eigenvalue weighted by atomic mass is 35.5. The zero-order valence-corrected chi connectivity index (χ0v) is 9.24. The normalized spacial score (nSPS) is 13.1. The fourth-order valence-corrected chi connectivity index (χ4v) is 1.32. The van der Waals surface area contributed by atoms with Crippen molar-refractivity contribution in [3.05, 3.63) is 5.82 Å². The quantitative estimate of drug-likeness (QED) is 0.535. The first-order chi connectivity index (χ1) is 6.75. The summed E-state index contributed by atoms with van der Waals surface area (Å²) in [6.45, 7) is 3.43. The molecule has 1 rings (SSSR count). The van der Waals surface area contributed by atoms with Crippen LogP contribution in [0.2, 0.25) is 0 Å². The van der Waals surface area contributed by atoms with Gasteiger partial charge in [-0.3, -0.25) is 0 Å². The van der Waals surface area contributed by atoms with Gasteiger partial charge in [0.05, 0.1) is 5.38 Å². The van der Waals surface area contributed by atoms with Crippen LogP contribution in [0.4, 0.5) is 0 Å². The van der Waals surface area contributed by atoms with Crippen molar-refractivity contribution in [3.63, 3.8) is 0 Å². The number of hydrogen-bond acceptors (Lipinski definition) is 4. The first-order valence-electron chi connectivity index (χ1n) is 4.64. The molecule has 5 nitrogen and oxygen atoms in total. The predicted molar refractivity (Wildman–Crippen MR) is 53.2 cm³/mol. The molecule has 1 aromatic rings. The van der Waals surface area contributed by atoms with Gasteiger partial charge >= 0.3 is 0 Å². The van der Waals surface area contributed by atoms with Gasteiger partial charge in [-0.15, -0.1) is 16.7 Å². The third-order valence-corrected chi connectivity index (χ3v) is 2.08. The lowest BCUT2D eigenvalue weighted by Gasteiger charge is -2.04. The highest BCUT2D eigenvalue weighted by Crippen LogP contribution is 2.15. The Kier molecular flexibility index (Phi) is 4.82. The van der Waals surface area contributed by atoms with Crippen molar-refractivity contribution in [2.45, 2.75) is 31.7 Å². The van der Waals surface area contributed by atoms with E-state index in [1.54, 1.807) is 11.8 Å². The Hall–Kier alpha value is -0.680. The summed E-state index contributed by atoms with van der Waals surface area (Å²) < 4.78 is 6.70. The van der Waals surface area contributed by atoms with Crippen LogP contribution in [0.5, 0.6) is 0 Å². The van der Waals surface area contributed by atoms with E-state index in [1.807, 2.05) is 6.92 Å². The summed E-state index contributed by atoms with van der Waals surface area (Å²) >= 11 is 5.90. The SMILES string of the molecule is COCCCCn1nnnc1C(C)Cl. The maximum Gasteiger partial charge on any atom is 0.168 e. The smallest absolute Gasteiger partial charge is 0.168 e. The molecule has 0 fully saturated rings. The van der Waals surface area contributed by atoms with Crippen LogP contribution in [0.1, 0.15) is 31.0 Å². The van der Waals surface area contributed by atoms with Crippen molar-refractivity contribution in [3.8, 4) is 0 Å². The van der Waals surface area contributed by atoms with E-state index >= 15 is 0 Å². The van der Waals surface area contributed by atoms with E-state index in [0.717, 1.165) is 31.8 Å². The molecule has 0 radical (unpaired) electrons. The molecule has 80 valence electrons. The van der Waals surface area contributed by atoms with Crippen LogP contribution >= 0.6 is 11.6 Å².